The van der Waals surface area contributed by atoms with E-state index in [1.54, 1.807) is 0 Å². The number of aromatic nitrogens is 5. The molecule has 4 aromatic heterocycles. The summed E-state index contributed by atoms with van der Waals surface area (Å²) in [6, 6.07) is 71.0. The summed E-state index contributed by atoms with van der Waals surface area (Å²) in [5, 5.41) is 4.19. The number of hydrogen-bond acceptors (Lipinski definition) is 5. The molecule has 0 aliphatic rings. The van der Waals surface area contributed by atoms with Gasteiger partial charge < -0.3 is 8.98 Å². The van der Waals surface area contributed by atoms with E-state index in [1.165, 1.54) is 0 Å². The molecule has 0 aliphatic heterocycles. The van der Waals surface area contributed by atoms with Gasteiger partial charge in [0.05, 0.1) is 22.1 Å². The fourth-order valence-corrected chi connectivity index (χ4v) is 8.92. The maximum absolute atomic E-state index is 6.96. The molecule has 4 heterocycles. The summed E-state index contributed by atoms with van der Waals surface area (Å²) in [7, 11) is 0. The zero-order chi connectivity index (χ0) is 41.0. The number of nitrogens with zero attached hydrogens (tertiary/aromatic N) is 5. The minimum Gasteiger partial charge on any atom is -0.455 e. The highest BCUT2D eigenvalue weighted by Crippen LogP contribution is 2.45. The van der Waals surface area contributed by atoms with Crippen molar-refractivity contribution in [3.63, 3.8) is 0 Å². The molecule has 6 heteroatoms. The minimum atomic E-state index is 0.525. The van der Waals surface area contributed by atoms with Gasteiger partial charge in [0, 0.05) is 55.9 Å². The second-order valence-corrected chi connectivity index (χ2v) is 15.4. The SMILES string of the molecule is c1ccc(-c2nc(-c3ccccc3)nc(-c3cc(-c4ccccc4-c4ccccc4)cnc3-c3cccc4oc5c(ccc6c5c5ccccc5n6-c5ccccc5)c34)n2)cc1. The third-order valence-corrected chi connectivity index (χ3v) is 11.7. The maximum atomic E-state index is 6.96. The second kappa shape index (κ2) is 14.7. The first-order valence-electron chi connectivity index (χ1n) is 20.7. The Morgan fingerprint density at radius 2 is 0.935 bits per heavy atom. The van der Waals surface area contributed by atoms with Crippen molar-refractivity contribution in [2.24, 2.45) is 0 Å². The summed E-state index contributed by atoms with van der Waals surface area (Å²) < 4.78 is 9.28. The van der Waals surface area contributed by atoms with Crippen LogP contribution in [0, 0.1) is 0 Å². The third-order valence-electron chi connectivity index (χ3n) is 11.7. The lowest BCUT2D eigenvalue weighted by molar-refractivity contribution is 0.673. The Morgan fingerprint density at radius 1 is 0.371 bits per heavy atom. The van der Waals surface area contributed by atoms with Crippen molar-refractivity contribution in [2.75, 3.05) is 0 Å². The van der Waals surface area contributed by atoms with Gasteiger partial charge >= 0.3 is 0 Å². The van der Waals surface area contributed by atoms with E-state index in [2.05, 4.69) is 138 Å². The molecule has 0 atom stereocenters. The molecule has 62 heavy (non-hydrogen) atoms. The predicted molar refractivity (Wildman–Crippen MR) is 252 cm³/mol. The Balaban J connectivity index is 1.14. The van der Waals surface area contributed by atoms with Crippen LogP contribution in [-0.2, 0) is 0 Å². The van der Waals surface area contributed by atoms with E-state index in [0.717, 1.165) is 99.6 Å². The molecule has 12 rings (SSSR count). The zero-order valence-electron chi connectivity index (χ0n) is 33.4. The quantitative estimate of drug-likeness (QED) is 0.161. The molecular weight excluding hydrogens is 759 g/mol. The highest BCUT2D eigenvalue weighted by Gasteiger charge is 2.24. The van der Waals surface area contributed by atoms with E-state index in [9.17, 15) is 0 Å². The van der Waals surface area contributed by atoms with Crippen LogP contribution >= 0.6 is 0 Å². The van der Waals surface area contributed by atoms with Crippen molar-refractivity contribution in [3.05, 3.63) is 212 Å². The van der Waals surface area contributed by atoms with E-state index in [-0.39, 0.29) is 0 Å². The normalized spacial score (nSPS) is 11.5. The molecule has 0 unspecified atom stereocenters. The van der Waals surface area contributed by atoms with E-state index < -0.39 is 0 Å². The van der Waals surface area contributed by atoms with Gasteiger partial charge in [-0.05, 0) is 59.2 Å². The van der Waals surface area contributed by atoms with Crippen LogP contribution in [0.15, 0.2) is 217 Å². The second-order valence-electron chi connectivity index (χ2n) is 15.4. The number of pyridine rings is 1. The Bertz CT molecular complexity index is 3560. The standard InChI is InChI=1S/C56H35N5O/c1-5-18-36(19-6-1)41-26-13-14-27-42(41)39-34-46(56-59-54(37-20-7-2-8-21-37)58-55(60-56)38-22-9-3-10-23-38)52(57-35-39)44-29-17-31-49-50(44)45-32-33-48-51(53(45)62-49)43-28-15-16-30-47(43)61(48)40-24-11-4-12-25-40/h1-35H. The molecule has 0 spiro atoms. The number of hydrogen-bond donors (Lipinski definition) is 0. The molecule has 0 fully saturated rings. The minimum absolute atomic E-state index is 0.525. The lowest BCUT2D eigenvalue weighted by atomic mass is 9.93. The van der Waals surface area contributed by atoms with E-state index in [0.29, 0.717) is 17.5 Å². The molecule has 12 aromatic rings. The molecule has 6 nitrogen and oxygen atoms in total. The summed E-state index contributed by atoms with van der Waals surface area (Å²) in [5.74, 6) is 1.69. The highest BCUT2D eigenvalue weighted by atomic mass is 16.3. The zero-order valence-corrected chi connectivity index (χ0v) is 33.4. The Hall–Kier alpha value is -8.48. The summed E-state index contributed by atoms with van der Waals surface area (Å²) in [6.07, 6.45) is 1.98. The first kappa shape index (κ1) is 35.5. The van der Waals surface area contributed by atoms with Crippen LogP contribution in [0.5, 0.6) is 0 Å². The molecular formula is C56H35N5O. The number of para-hydroxylation sites is 2. The maximum Gasteiger partial charge on any atom is 0.166 e. The molecule has 0 N–H and O–H groups in total. The fourth-order valence-electron chi connectivity index (χ4n) is 8.92. The molecule has 0 saturated heterocycles. The van der Waals surface area contributed by atoms with Crippen LogP contribution in [0.3, 0.4) is 0 Å². The smallest absolute Gasteiger partial charge is 0.166 e. The topological polar surface area (TPSA) is 69.6 Å². The lowest BCUT2D eigenvalue weighted by Gasteiger charge is -2.15. The monoisotopic (exact) mass is 793 g/mol. The highest BCUT2D eigenvalue weighted by molar-refractivity contribution is 6.25. The average Bonchev–Trinajstić information content (AvgIpc) is 3.91. The molecule has 290 valence electrons. The number of furan rings is 1. The lowest BCUT2D eigenvalue weighted by Crippen LogP contribution is -2.02. The van der Waals surface area contributed by atoms with Crippen LogP contribution in [0.2, 0.25) is 0 Å². The van der Waals surface area contributed by atoms with Crippen LogP contribution < -0.4 is 0 Å². The van der Waals surface area contributed by atoms with Gasteiger partial charge in [-0.1, -0.05) is 164 Å². The summed E-state index contributed by atoms with van der Waals surface area (Å²) in [5.41, 5.74) is 13.4. The number of fused-ring (bicyclic) bond motifs is 7. The van der Waals surface area contributed by atoms with E-state index in [4.69, 9.17) is 24.4 Å². The predicted octanol–water partition coefficient (Wildman–Crippen LogP) is 14.3. The van der Waals surface area contributed by atoms with Crippen LogP contribution in [0.25, 0.3) is 117 Å². The third kappa shape index (κ3) is 5.88. The van der Waals surface area contributed by atoms with Crippen LogP contribution in [-0.4, -0.2) is 24.5 Å². The van der Waals surface area contributed by atoms with Gasteiger partial charge in [-0.3, -0.25) is 4.98 Å². The average molecular weight is 794 g/mol. The van der Waals surface area contributed by atoms with Crippen molar-refractivity contribution in [1.82, 2.24) is 24.5 Å². The summed E-state index contributed by atoms with van der Waals surface area (Å²) >= 11 is 0. The molecule has 0 amide bonds. The van der Waals surface area contributed by atoms with E-state index in [1.807, 2.05) is 79.0 Å². The van der Waals surface area contributed by atoms with Crippen molar-refractivity contribution >= 4 is 43.7 Å². The molecule has 8 aromatic carbocycles. The van der Waals surface area contributed by atoms with Crippen LogP contribution in [0.4, 0.5) is 0 Å². The van der Waals surface area contributed by atoms with Crippen molar-refractivity contribution in [1.29, 1.82) is 0 Å². The Morgan fingerprint density at radius 3 is 1.63 bits per heavy atom. The van der Waals surface area contributed by atoms with Gasteiger partial charge in [0.2, 0.25) is 0 Å². The van der Waals surface area contributed by atoms with Gasteiger partial charge in [0.1, 0.15) is 11.2 Å². The number of rotatable bonds is 7. The fraction of sp³-hybridized carbons (Fsp3) is 0. The van der Waals surface area contributed by atoms with Gasteiger partial charge in [-0.2, -0.15) is 0 Å². The molecule has 0 radical (unpaired) electrons. The first-order valence-corrected chi connectivity index (χ1v) is 20.7. The molecule has 0 saturated carbocycles. The van der Waals surface area contributed by atoms with Gasteiger partial charge in [-0.15, -0.1) is 0 Å². The Kier molecular flexibility index (Phi) is 8.38. The van der Waals surface area contributed by atoms with Crippen molar-refractivity contribution in [3.8, 4) is 73.4 Å². The largest absolute Gasteiger partial charge is 0.455 e. The first-order chi connectivity index (χ1) is 30.8. The van der Waals surface area contributed by atoms with Gasteiger partial charge in [-0.25, -0.2) is 15.0 Å². The molecule has 0 aliphatic carbocycles. The number of benzene rings is 8. The Labute approximate surface area is 357 Å². The molecule has 0 bridgehead atoms. The van der Waals surface area contributed by atoms with Gasteiger partial charge in [0.25, 0.3) is 0 Å². The van der Waals surface area contributed by atoms with Crippen molar-refractivity contribution < 1.29 is 4.42 Å². The summed E-state index contributed by atoms with van der Waals surface area (Å²) in [6.45, 7) is 0. The van der Waals surface area contributed by atoms with E-state index >= 15 is 0 Å². The van der Waals surface area contributed by atoms with Crippen molar-refractivity contribution in [2.45, 2.75) is 0 Å². The summed E-state index contributed by atoms with van der Waals surface area (Å²) in [4.78, 5) is 20.9. The van der Waals surface area contributed by atoms with Crippen LogP contribution in [0.1, 0.15) is 0 Å². The van der Waals surface area contributed by atoms with Gasteiger partial charge in [0.15, 0.2) is 17.5 Å².